The van der Waals surface area contributed by atoms with Crippen molar-refractivity contribution < 1.29 is 27.9 Å². The number of fused-ring (bicyclic) bond motifs is 1. The van der Waals surface area contributed by atoms with Gasteiger partial charge in [-0.3, -0.25) is 18.7 Å². The molecule has 1 unspecified atom stereocenters. The number of sulfonamides is 1. The fraction of sp³-hybridized carbons (Fsp3) is 0.308. The summed E-state index contributed by atoms with van der Waals surface area (Å²) in [5.41, 5.74) is 5.40. The van der Waals surface area contributed by atoms with Gasteiger partial charge < -0.3 is 15.7 Å². The minimum Gasteiger partial charge on any atom is -0.481 e. The molecule has 4 aromatic rings. The van der Waals surface area contributed by atoms with Gasteiger partial charge in [-0.15, -0.1) is 0 Å². The van der Waals surface area contributed by atoms with Crippen LogP contribution in [0.4, 0.5) is 11.4 Å². The zero-order valence-electron chi connectivity index (χ0n) is 27.3. The van der Waals surface area contributed by atoms with Gasteiger partial charge in [0, 0.05) is 24.3 Å². The lowest BCUT2D eigenvalue weighted by Gasteiger charge is -2.23. The van der Waals surface area contributed by atoms with Crippen molar-refractivity contribution in [3.05, 3.63) is 125 Å². The summed E-state index contributed by atoms with van der Waals surface area (Å²) in [4.78, 5) is 37.4. The topological polar surface area (TPSA) is 133 Å². The van der Waals surface area contributed by atoms with Gasteiger partial charge >= 0.3 is 5.97 Å². The first kappa shape index (κ1) is 33.9. The summed E-state index contributed by atoms with van der Waals surface area (Å²) in [5, 5.41) is 14.4. The van der Waals surface area contributed by atoms with Crippen molar-refractivity contribution in [3.63, 3.8) is 0 Å². The molecule has 0 spiro atoms. The van der Waals surface area contributed by atoms with E-state index in [0.717, 1.165) is 16.7 Å². The molecule has 254 valence electrons. The Morgan fingerprint density at radius 2 is 1.59 bits per heavy atom. The molecule has 1 saturated carbocycles. The number of nitrogens with zero attached hydrogens (tertiary/aromatic N) is 1. The smallest absolute Gasteiger partial charge is 0.305 e. The van der Waals surface area contributed by atoms with Gasteiger partial charge in [-0.05, 0) is 90.3 Å². The number of anilines is 2. The number of carbonyl (C=O) groups is 3. The Morgan fingerprint density at radius 1 is 0.857 bits per heavy atom. The molecule has 4 aromatic carbocycles. The Kier molecular flexibility index (Phi) is 10.4. The van der Waals surface area contributed by atoms with Crippen molar-refractivity contribution in [3.8, 4) is 0 Å². The van der Waals surface area contributed by atoms with E-state index in [0.29, 0.717) is 42.2 Å². The van der Waals surface area contributed by atoms with Gasteiger partial charge in [-0.25, -0.2) is 8.42 Å². The van der Waals surface area contributed by atoms with Crippen LogP contribution in [0, 0.1) is 0 Å². The van der Waals surface area contributed by atoms with E-state index in [1.54, 1.807) is 42.5 Å². The van der Waals surface area contributed by atoms with Crippen molar-refractivity contribution in [2.45, 2.75) is 68.1 Å². The number of hydrogen-bond acceptors (Lipinski definition) is 5. The number of rotatable bonds is 12. The zero-order chi connectivity index (χ0) is 34.4. The van der Waals surface area contributed by atoms with E-state index < -0.39 is 21.9 Å². The average Bonchev–Trinajstić information content (AvgIpc) is 3.57. The molecule has 1 atom stereocenters. The van der Waals surface area contributed by atoms with Crippen LogP contribution in [0.5, 0.6) is 0 Å². The lowest BCUT2D eigenvalue weighted by molar-refractivity contribution is -0.136. The third-order valence-electron chi connectivity index (χ3n) is 9.55. The van der Waals surface area contributed by atoms with Crippen LogP contribution < -0.4 is 14.9 Å². The second kappa shape index (κ2) is 15.1. The number of para-hydroxylation sites is 1. The van der Waals surface area contributed by atoms with Crippen molar-refractivity contribution in [2.75, 3.05) is 22.7 Å². The van der Waals surface area contributed by atoms with E-state index in [9.17, 15) is 22.8 Å². The Morgan fingerprint density at radius 3 is 2.33 bits per heavy atom. The molecule has 10 heteroatoms. The van der Waals surface area contributed by atoms with Crippen molar-refractivity contribution >= 4 is 39.2 Å². The standard InChI is InChI=1S/C39H41N3O6S/c43-37(44)21-23-40-38(45)32-15-13-27(14-16-32)25-35(30-19-17-29(18-20-30)28-7-2-1-3-8-28)39(46)41-33-10-6-11-34(26-33)49(47,48)42-24-22-31-9-4-5-12-36(31)42/h4-6,9-20,26,28,35H,1-3,7-8,21-25H2,(H,40,45)(H,41,46)(H,43,44). The van der Waals surface area contributed by atoms with Gasteiger partial charge in [0.1, 0.15) is 0 Å². The summed E-state index contributed by atoms with van der Waals surface area (Å²) in [6, 6.07) is 29.1. The molecule has 2 aliphatic rings. The molecule has 49 heavy (non-hydrogen) atoms. The summed E-state index contributed by atoms with van der Waals surface area (Å²) in [5.74, 6) is -1.70. The van der Waals surface area contributed by atoms with Crippen LogP contribution in [-0.4, -0.2) is 44.4 Å². The van der Waals surface area contributed by atoms with Crippen molar-refractivity contribution in [2.24, 2.45) is 0 Å². The molecule has 1 fully saturated rings. The highest BCUT2D eigenvalue weighted by Gasteiger charge is 2.31. The molecular formula is C39H41N3O6S. The fourth-order valence-corrected chi connectivity index (χ4v) is 8.41. The van der Waals surface area contributed by atoms with Gasteiger partial charge in [-0.2, -0.15) is 0 Å². The molecule has 2 amide bonds. The van der Waals surface area contributed by atoms with Crippen LogP contribution in [-0.2, 0) is 32.5 Å². The highest BCUT2D eigenvalue weighted by atomic mass is 32.2. The van der Waals surface area contributed by atoms with E-state index >= 15 is 0 Å². The molecule has 0 aromatic heterocycles. The van der Waals surface area contributed by atoms with Crippen LogP contribution in [0.2, 0.25) is 0 Å². The number of carbonyl (C=O) groups excluding carboxylic acids is 2. The summed E-state index contributed by atoms with van der Waals surface area (Å²) in [6.07, 6.45) is 6.88. The number of benzene rings is 4. The number of hydrogen-bond donors (Lipinski definition) is 3. The first-order valence-electron chi connectivity index (χ1n) is 16.9. The monoisotopic (exact) mass is 679 g/mol. The summed E-state index contributed by atoms with van der Waals surface area (Å²) < 4.78 is 28.9. The number of nitrogens with one attached hydrogen (secondary N) is 2. The predicted octanol–water partition coefficient (Wildman–Crippen LogP) is 6.66. The summed E-state index contributed by atoms with van der Waals surface area (Å²) in [7, 11) is -3.85. The number of carboxylic acids is 1. The summed E-state index contributed by atoms with van der Waals surface area (Å²) >= 11 is 0. The molecule has 9 nitrogen and oxygen atoms in total. The Balaban J connectivity index is 1.22. The third-order valence-corrected chi connectivity index (χ3v) is 11.4. The number of aliphatic carboxylic acids is 1. The van der Waals surface area contributed by atoms with Gasteiger partial charge in [0.25, 0.3) is 15.9 Å². The van der Waals surface area contributed by atoms with Gasteiger partial charge in [-0.1, -0.05) is 79.9 Å². The molecule has 0 saturated heterocycles. The van der Waals surface area contributed by atoms with Gasteiger partial charge in [0.2, 0.25) is 5.91 Å². The molecule has 0 bridgehead atoms. The molecule has 1 aliphatic carbocycles. The highest BCUT2D eigenvalue weighted by Crippen LogP contribution is 2.35. The third kappa shape index (κ3) is 8.03. The second-order valence-electron chi connectivity index (χ2n) is 12.8. The minimum atomic E-state index is -3.85. The molecule has 0 radical (unpaired) electrons. The van der Waals surface area contributed by atoms with Crippen LogP contribution in [0.15, 0.2) is 102 Å². The van der Waals surface area contributed by atoms with E-state index in [1.165, 1.54) is 48.0 Å². The maximum absolute atomic E-state index is 14.1. The Bertz CT molecular complexity index is 1920. The molecular weight excluding hydrogens is 639 g/mol. The van der Waals surface area contributed by atoms with E-state index in [2.05, 4.69) is 22.8 Å². The van der Waals surface area contributed by atoms with Crippen LogP contribution in [0.1, 0.15) is 83.0 Å². The van der Waals surface area contributed by atoms with Crippen LogP contribution >= 0.6 is 0 Å². The lowest BCUT2D eigenvalue weighted by Crippen LogP contribution is -2.29. The largest absolute Gasteiger partial charge is 0.481 e. The minimum absolute atomic E-state index is 0.0306. The van der Waals surface area contributed by atoms with E-state index in [1.807, 2.05) is 36.4 Å². The number of amides is 2. The zero-order valence-corrected chi connectivity index (χ0v) is 28.1. The average molecular weight is 680 g/mol. The van der Waals surface area contributed by atoms with Gasteiger partial charge in [0.05, 0.1) is 22.9 Å². The van der Waals surface area contributed by atoms with Crippen LogP contribution in [0.25, 0.3) is 0 Å². The van der Waals surface area contributed by atoms with Gasteiger partial charge in [0.15, 0.2) is 0 Å². The molecule has 1 heterocycles. The van der Waals surface area contributed by atoms with Crippen LogP contribution in [0.3, 0.4) is 0 Å². The molecule has 6 rings (SSSR count). The van der Waals surface area contributed by atoms with Crippen molar-refractivity contribution in [1.29, 1.82) is 0 Å². The van der Waals surface area contributed by atoms with E-state index in [4.69, 9.17) is 5.11 Å². The maximum Gasteiger partial charge on any atom is 0.305 e. The Labute approximate surface area is 287 Å². The maximum atomic E-state index is 14.1. The number of carboxylic acid groups (broad SMARTS) is 1. The molecule has 3 N–H and O–H groups in total. The first-order valence-corrected chi connectivity index (χ1v) is 18.3. The summed E-state index contributed by atoms with van der Waals surface area (Å²) in [6.45, 7) is 0.392. The normalized spacial score (nSPS) is 15.3. The fourth-order valence-electron chi connectivity index (χ4n) is 6.86. The predicted molar refractivity (Wildman–Crippen MR) is 189 cm³/mol. The SMILES string of the molecule is O=C(O)CCNC(=O)c1ccc(CC(C(=O)Nc2cccc(S(=O)(=O)N3CCc4ccccc43)c2)c2ccc(C3CCCCC3)cc2)cc1. The first-order chi connectivity index (χ1) is 23.7. The molecule has 1 aliphatic heterocycles. The quantitative estimate of drug-likeness (QED) is 0.154. The highest BCUT2D eigenvalue weighted by molar-refractivity contribution is 7.92. The van der Waals surface area contributed by atoms with Crippen molar-refractivity contribution in [1.82, 2.24) is 5.32 Å². The lowest BCUT2D eigenvalue weighted by atomic mass is 9.83. The second-order valence-corrected chi connectivity index (χ2v) is 14.7. The Hall–Kier alpha value is -4.96. The van der Waals surface area contributed by atoms with E-state index in [-0.39, 0.29) is 29.7 Å².